The van der Waals surface area contributed by atoms with E-state index in [1.165, 1.54) is 57.1 Å². The zero-order chi connectivity index (χ0) is 13.5. The molecule has 2 heteroatoms. The summed E-state index contributed by atoms with van der Waals surface area (Å²) in [5.41, 5.74) is 1.86. The van der Waals surface area contributed by atoms with E-state index in [1.54, 1.807) is 6.20 Å². The molecule has 1 fully saturated rings. The number of unbranched alkanes of at least 4 members (excludes halogenated alkanes) is 2. The van der Waals surface area contributed by atoms with Crippen LogP contribution in [0.3, 0.4) is 0 Å². The molecule has 1 aromatic rings. The van der Waals surface area contributed by atoms with Crippen molar-refractivity contribution in [2.45, 2.75) is 64.2 Å². The summed E-state index contributed by atoms with van der Waals surface area (Å²) < 4.78 is 0. The molecule has 19 heavy (non-hydrogen) atoms. The van der Waals surface area contributed by atoms with E-state index in [-0.39, 0.29) is 0 Å². The van der Waals surface area contributed by atoms with Gasteiger partial charge in [-0.15, -0.1) is 0 Å². The van der Waals surface area contributed by atoms with E-state index < -0.39 is 0 Å². The van der Waals surface area contributed by atoms with Gasteiger partial charge in [-0.25, -0.2) is 0 Å². The summed E-state index contributed by atoms with van der Waals surface area (Å²) in [4.78, 5) is 15.1. The summed E-state index contributed by atoms with van der Waals surface area (Å²) in [5, 5.41) is 0. The van der Waals surface area contributed by atoms with Crippen molar-refractivity contribution in [3.8, 4) is 0 Å². The Morgan fingerprint density at radius 2 is 2.00 bits per heavy atom. The molecule has 1 aromatic heterocycles. The first-order chi connectivity index (χ1) is 9.33. The highest BCUT2D eigenvalue weighted by molar-refractivity contribution is 5.73. The highest BCUT2D eigenvalue weighted by Gasteiger charge is 2.22. The second-order valence-corrected chi connectivity index (χ2v) is 5.85. The van der Waals surface area contributed by atoms with Crippen molar-refractivity contribution in [1.29, 1.82) is 0 Å². The lowest BCUT2D eigenvalue weighted by atomic mass is 9.78. The van der Waals surface area contributed by atoms with Crippen LogP contribution in [0.1, 0.15) is 80.3 Å². The Labute approximate surface area is 116 Å². The minimum absolute atomic E-state index is 0.614. The summed E-state index contributed by atoms with van der Waals surface area (Å²) in [6.07, 6.45) is 13.3. The minimum Gasteiger partial charge on any atom is -0.298 e. The van der Waals surface area contributed by atoms with Gasteiger partial charge < -0.3 is 0 Å². The third kappa shape index (κ3) is 4.15. The molecule has 0 atom stereocenters. The summed E-state index contributed by atoms with van der Waals surface area (Å²) in [5.74, 6) is 1.56. The molecule has 0 amide bonds. The summed E-state index contributed by atoms with van der Waals surface area (Å²) in [6.45, 7) is 2.27. The van der Waals surface area contributed by atoms with E-state index in [4.69, 9.17) is 0 Å². The Hall–Kier alpha value is -1.18. The predicted octanol–water partition coefficient (Wildman–Crippen LogP) is 4.75. The third-order valence-electron chi connectivity index (χ3n) is 4.43. The molecule has 1 heterocycles. The van der Waals surface area contributed by atoms with Gasteiger partial charge in [0.2, 0.25) is 0 Å². The van der Waals surface area contributed by atoms with E-state index in [9.17, 15) is 4.79 Å². The average molecular weight is 259 g/mol. The van der Waals surface area contributed by atoms with Gasteiger partial charge in [-0.1, -0.05) is 32.6 Å². The first-order valence-corrected chi connectivity index (χ1v) is 7.74. The topological polar surface area (TPSA) is 30.0 Å². The first kappa shape index (κ1) is 14.2. The van der Waals surface area contributed by atoms with Crippen LogP contribution in [0.25, 0.3) is 0 Å². The van der Waals surface area contributed by atoms with Crippen LogP contribution in [0.2, 0.25) is 0 Å². The van der Waals surface area contributed by atoms with Gasteiger partial charge >= 0.3 is 0 Å². The highest BCUT2D eigenvalue weighted by atomic mass is 16.1. The van der Waals surface area contributed by atoms with Gasteiger partial charge in [-0.2, -0.15) is 0 Å². The van der Waals surface area contributed by atoms with Gasteiger partial charge in [0.1, 0.15) is 0 Å². The molecular formula is C17H25NO. The quantitative estimate of drug-likeness (QED) is 0.545. The number of rotatable bonds is 6. The molecule has 1 saturated carbocycles. The van der Waals surface area contributed by atoms with Crippen molar-refractivity contribution in [1.82, 2.24) is 4.98 Å². The monoisotopic (exact) mass is 259 g/mol. The zero-order valence-electron chi connectivity index (χ0n) is 12.0. The molecule has 2 rings (SSSR count). The number of hydrogen-bond acceptors (Lipinski definition) is 2. The molecule has 0 bridgehead atoms. The first-order valence-electron chi connectivity index (χ1n) is 7.74. The number of nitrogens with zero attached hydrogens (tertiary/aromatic N) is 1. The molecule has 0 N–H and O–H groups in total. The Bertz CT molecular complexity index is 377. The SMILES string of the molecule is CCCCC[C@H]1CC[C@H](c2ccc(C=O)cn2)CC1. The van der Waals surface area contributed by atoms with Gasteiger partial charge in [-0.05, 0) is 43.7 Å². The number of carbonyl (C=O) groups excluding carboxylic acids is 1. The predicted molar refractivity (Wildman–Crippen MR) is 78.5 cm³/mol. The molecule has 1 aliphatic carbocycles. The lowest BCUT2D eigenvalue weighted by molar-refractivity contribution is 0.112. The Kier molecular flexibility index (Phi) is 5.56. The Balaban J connectivity index is 1.80. The van der Waals surface area contributed by atoms with Gasteiger partial charge in [0.25, 0.3) is 0 Å². The largest absolute Gasteiger partial charge is 0.298 e. The van der Waals surface area contributed by atoms with Gasteiger partial charge in [-0.3, -0.25) is 9.78 Å². The fourth-order valence-electron chi connectivity index (χ4n) is 3.16. The molecule has 104 valence electrons. The van der Waals surface area contributed by atoms with Crippen LogP contribution in [0.4, 0.5) is 0 Å². The summed E-state index contributed by atoms with van der Waals surface area (Å²) in [6, 6.07) is 3.93. The molecule has 0 spiro atoms. The number of aromatic nitrogens is 1. The molecule has 1 aliphatic rings. The van der Waals surface area contributed by atoms with Crippen molar-refractivity contribution < 1.29 is 4.79 Å². The van der Waals surface area contributed by atoms with Crippen LogP contribution in [-0.4, -0.2) is 11.3 Å². The van der Waals surface area contributed by atoms with Gasteiger partial charge in [0.05, 0.1) is 0 Å². The summed E-state index contributed by atoms with van der Waals surface area (Å²) in [7, 11) is 0. The maximum Gasteiger partial charge on any atom is 0.151 e. The standard InChI is InChI=1S/C17H25NO/c1-2-3-4-5-14-6-9-16(10-7-14)17-11-8-15(13-19)12-18-17/h8,11-14,16H,2-7,9-10H2,1H3/t14-,16-. The number of pyridine rings is 1. The second kappa shape index (κ2) is 7.42. The number of carbonyl (C=O) groups is 1. The van der Waals surface area contributed by atoms with E-state index in [2.05, 4.69) is 11.9 Å². The average Bonchev–Trinajstić information content (AvgIpc) is 2.48. The van der Waals surface area contributed by atoms with Crippen molar-refractivity contribution >= 4 is 6.29 Å². The Morgan fingerprint density at radius 1 is 1.21 bits per heavy atom. The number of aldehydes is 1. The molecular weight excluding hydrogens is 234 g/mol. The van der Waals surface area contributed by atoms with Crippen molar-refractivity contribution in [2.75, 3.05) is 0 Å². The van der Waals surface area contributed by atoms with Crippen LogP contribution in [0.5, 0.6) is 0 Å². The fraction of sp³-hybridized carbons (Fsp3) is 0.647. The Morgan fingerprint density at radius 3 is 2.58 bits per heavy atom. The zero-order valence-corrected chi connectivity index (χ0v) is 12.0. The molecule has 2 nitrogen and oxygen atoms in total. The molecule has 0 aromatic carbocycles. The van der Waals surface area contributed by atoms with E-state index in [0.717, 1.165) is 12.2 Å². The molecule has 0 saturated heterocycles. The normalized spacial score (nSPS) is 23.2. The molecule has 0 unspecified atom stereocenters. The summed E-state index contributed by atoms with van der Waals surface area (Å²) >= 11 is 0. The van der Waals surface area contributed by atoms with Crippen molar-refractivity contribution in [3.05, 3.63) is 29.6 Å². The van der Waals surface area contributed by atoms with Crippen LogP contribution in [-0.2, 0) is 0 Å². The fourth-order valence-corrected chi connectivity index (χ4v) is 3.16. The second-order valence-electron chi connectivity index (χ2n) is 5.85. The highest BCUT2D eigenvalue weighted by Crippen LogP contribution is 2.36. The van der Waals surface area contributed by atoms with E-state index >= 15 is 0 Å². The minimum atomic E-state index is 0.614. The van der Waals surface area contributed by atoms with Crippen molar-refractivity contribution in [2.24, 2.45) is 5.92 Å². The van der Waals surface area contributed by atoms with E-state index in [1.807, 2.05) is 12.1 Å². The molecule has 0 aliphatic heterocycles. The number of hydrogen-bond donors (Lipinski definition) is 0. The van der Waals surface area contributed by atoms with Crippen LogP contribution in [0.15, 0.2) is 18.3 Å². The van der Waals surface area contributed by atoms with Crippen LogP contribution >= 0.6 is 0 Å². The van der Waals surface area contributed by atoms with Gasteiger partial charge in [0, 0.05) is 23.4 Å². The molecule has 0 radical (unpaired) electrons. The smallest absolute Gasteiger partial charge is 0.151 e. The lowest BCUT2D eigenvalue weighted by Crippen LogP contribution is -2.14. The van der Waals surface area contributed by atoms with E-state index in [0.29, 0.717) is 11.5 Å². The van der Waals surface area contributed by atoms with Crippen molar-refractivity contribution in [3.63, 3.8) is 0 Å². The maximum atomic E-state index is 10.6. The lowest BCUT2D eigenvalue weighted by Gasteiger charge is -2.28. The maximum absolute atomic E-state index is 10.6. The van der Waals surface area contributed by atoms with Gasteiger partial charge in [0.15, 0.2) is 6.29 Å². The third-order valence-corrected chi connectivity index (χ3v) is 4.43. The van der Waals surface area contributed by atoms with Crippen LogP contribution < -0.4 is 0 Å². The van der Waals surface area contributed by atoms with Crippen LogP contribution in [0, 0.1) is 5.92 Å².